The van der Waals surface area contributed by atoms with Gasteiger partial charge in [-0.05, 0) is 132 Å². The normalized spacial score (nSPS) is 31.2. The van der Waals surface area contributed by atoms with Crippen LogP contribution in [0.1, 0.15) is 140 Å². The molecule has 626 valence electrons. The number of Topliss-reactive ketones (excluding diaryl/α,β-unsaturated/α-hetero) is 1. The molecule has 1 spiro atoms. The Hall–Kier alpha value is -4.92. The minimum absolute atomic E-state index is 0.00366. The van der Waals surface area contributed by atoms with Crippen LogP contribution in [0.15, 0.2) is 36.7 Å². The van der Waals surface area contributed by atoms with Gasteiger partial charge in [0.25, 0.3) is 5.91 Å². The Bertz CT molecular complexity index is 3170. The van der Waals surface area contributed by atoms with Crippen LogP contribution in [0.3, 0.4) is 0 Å². The van der Waals surface area contributed by atoms with Gasteiger partial charge < -0.3 is 117 Å². The van der Waals surface area contributed by atoms with Gasteiger partial charge in [-0.2, -0.15) is 0 Å². The summed E-state index contributed by atoms with van der Waals surface area (Å²) in [4.78, 5) is 89.8. The third-order valence-corrected chi connectivity index (χ3v) is 23.0. The molecule has 7 N–H and O–H groups in total. The largest absolute Gasteiger partial charge is 0.391 e. The van der Waals surface area contributed by atoms with E-state index in [-0.39, 0.29) is 143 Å². The Morgan fingerprint density at radius 2 is 1.32 bits per heavy atom. The Balaban J connectivity index is 0.603. The Morgan fingerprint density at radius 1 is 0.676 bits per heavy atom. The van der Waals surface area contributed by atoms with E-state index >= 15 is 0 Å². The molecule has 5 amide bonds. The number of aromatic nitrogens is 2. The van der Waals surface area contributed by atoms with E-state index in [1.165, 1.54) is 12.4 Å². The number of carbonyl (C=O) groups is 6. The van der Waals surface area contributed by atoms with Crippen molar-refractivity contribution in [2.45, 2.75) is 233 Å². The number of aliphatic hydroxyl groups is 1. The Kier molecular flexibility index (Phi) is 35.8. The van der Waals surface area contributed by atoms with Gasteiger partial charge >= 0.3 is 0 Å². The fraction of sp³-hybridized carbons (Fsp3) is 0.823. The monoisotopic (exact) mass is 1590 g/mol. The molecule has 9 aliphatic heterocycles. The summed E-state index contributed by atoms with van der Waals surface area (Å²) in [5.41, 5.74) is 2.46. The second kappa shape index (κ2) is 45.0. The first-order valence-corrected chi connectivity index (χ1v) is 41.0. The number of amides is 5. The minimum atomic E-state index is -1.11. The summed E-state index contributed by atoms with van der Waals surface area (Å²) in [6.07, 6.45) is 8.77. The fourth-order valence-corrected chi connectivity index (χ4v) is 17.2. The number of hydrogen-bond acceptors (Lipinski definition) is 26. The van der Waals surface area contributed by atoms with E-state index in [1.807, 2.05) is 19.0 Å². The highest BCUT2D eigenvalue weighted by molar-refractivity contribution is 7.71. The highest BCUT2D eigenvalue weighted by atomic mass is 32.1. The van der Waals surface area contributed by atoms with Crippen LogP contribution >= 0.6 is 12.2 Å². The second-order valence-electron chi connectivity index (χ2n) is 31.8. The van der Waals surface area contributed by atoms with Crippen molar-refractivity contribution >= 4 is 47.5 Å². The van der Waals surface area contributed by atoms with Crippen molar-refractivity contribution in [2.75, 3.05) is 153 Å². The molecular weight excluding hydrogens is 1460 g/mol. The number of fused-ring (bicyclic) bond motifs is 6. The van der Waals surface area contributed by atoms with Gasteiger partial charge in [0.15, 0.2) is 10.6 Å². The van der Waals surface area contributed by atoms with E-state index in [4.69, 9.17) is 88.0 Å². The number of H-pyrrole nitrogens is 1. The molecule has 10 aliphatic rings. The minimum Gasteiger partial charge on any atom is -0.391 e. The summed E-state index contributed by atoms with van der Waals surface area (Å²) >= 11 is 4.88. The first-order chi connectivity index (χ1) is 53.6. The zero-order valence-corrected chi connectivity index (χ0v) is 66.9. The molecule has 1 aliphatic carbocycles. The maximum absolute atomic E-state index is 14.6. The number of ether oxygens (including phenoxy) is 16. The molecule has 0 radical (unpaired) electrons. The summed E-state index contributed by atoms with van der Waals surface area (Å²) in [6.45, 7) is 20.2. The molecule has 0 aromatic carbocycles. The van der Waals surface area contributed by atoms with Crippen LogP contribution in [-0.2, 0) is 99.8 Å². The lowest BCUT2D eigenvalue weighted by molar-refractivity contribution is -0.286. The topological polar surface area (TPSA) is 362 Å². The number of nitrogens with zero attached hydrogens (tertiary/aromatic N) is 2. The predicted molar refractivity (Wildman–Crippen MR) is 406 cm³/mol. The number of aliphatic hydroxyl groups excluding tert-OH is 1. The summed E-state index contributed by atoms with van der Waals surface area (Å²) in [6, 6.07) is -2.04. The first kappa shape index (κ1) is 88.4. The molecule has 3 unspecified atom stereocenters. The number of hydrogen-bond donors (Lipinski definition) is 7. The molecule has 10 fully saturated rings. The molecule has 32 heteroatoms. The quantitative estimate of drug-likeness (QED) is 0.0276. The lowest BCUT2D eigenvalue weighted by atomic mass is 9.81. The van der Waals surface area contributed by atoms with Crippen LogP contribution in [0.5, 0.6) is 0 Å². The van der Waals surface area contributed by atoms with E-state index in [9.17, 15) is 33.9 Å². The standard InChI is InChI=1S/C79H126N8O23S/c1-48(2)69(86-68(91)47-103-34-33-102-32-31-101-30-29-100-28-27-99-26-25-98-24-23-97-22-21-96-20-18-80-75(92)53-43-83-78(111)84-44-53)77(94)85-61(11-9-10-19-87(6)7)76(93)82-46-67(90)81-45-55(89)40-66-71(95-8)59-39-54(88)38-57-13-15-63-74(106-57)73-60-37-52-42-79(110-73,109-70(52)72(60)108-63)17-16-58-36-50(4)62(104-58)14-12-56-35-49(3)51(5)64(105-56)41-65(59)107-66/h43-44,48-49,52,55-66,69-74,89H,4-5,9-42,45-47H2,1-3,6-8H3,(H,80,92)(H,81,90)(H,82,93)(H,85,94)(H,86,91)(H,83,84,111)/t49-,52?,55+,56+,57-,58+,59+,60?,61+,62?,63+,64-,65+,66-,69+,70+,71-,72-,73-,74+,79+/m1/s1. The van der Waals surface area contributed by atoms with Gasteiger partial charge in [-0.25, -0.2) is 4.98 Å². The predicted octanol–water partition coefficient (Wildman–Crippen LogP) is 3.95. The summed E-state index contributed by atoms with van der Waals surface area (Å²) in [7, 11) is 5.49. The lowest BCUT2D eigenvalue weighted by Gasteiger charge is -2.48. The van der Waals surface area contributed by atoms with Crippen LogP contribution in [0.4, 0.5) is 0 Å². The molecule has 1 aromatic rings. The van der Waals surface area contributed by atoms with E-state index in [0.29, 0.717) is 128 Å². The van der Waals surface area contributed by atoms with Gasteiger partial charge in [0.2, 0.25) is 23.6 Å². The van der Waals surface area contributed by atoms with Crippen molar-refractivity contribution < 1.29 is 110 Å². The average molecular weight is 1590 g/mol. The number of carbonyl (C=O) groups excluding carboxylic acids is 6. The second-order valence-corrected chi connectivity index (χ2v) is 32.2. The van der Waals surface area contributed by atoms with Crippen molar-refractivity contribution in [3.63, 3.8) is 0 Å². The van der Waals surface area contributed by atoms with Gasteiger partial charge in [-0.1, -0.05) is 33.9 Å². The van der Waals surface area contributed by atoms with E-state index in [2.05, 4.69) is 56.6 Å². The van der Waals surface area contributed by atoms with Gasteiger partial charge in [0, 0.05) is 83.0 Å². The number of unbranched alkanes of at least 4 members (excludes halogenated alkanes) is 1. The molecule has 12 bridgehead atoms. The third-order valence-electron chi connectivity index (χ3n) is 22.8. The van der Waals surface area contributed by atoms with Crippen molar-refractivity contribution in [1.29, 1.82) is 0 Å². The van der Waals surface area contributed by atoms with Crippen molar-refractivity contribution in [3.05, 3.63) is 47.0 Å². The molecule has 1 saturated carbocycles. The number of nitrogens with one attached hydrogen (secondary N) is 6. The highest BCUT2D eigenvalue weighted by Crippen LogP contribution is 2.59. The van der Waals surface area contributed by atoms with E-state index in [1.54, 1.807) is 21.0 Å². The molecule has 1 aromatic heterocycles. The van der Waals surface area contributed by atoms with Gasteiger partial charge in [0.05, 0.1) is 191 Å². The van der Waals surface area contributed by atoms with Gasteiger partial charge in [0.1, 0.15) is 30.6 Å². The Labute approximate surface area is 658 Å². The molecular formula is C79H126N8O23S. The number of ketones is 1. The maximum Gasteiger partial charge on any atom is 0.254 e. The van der Waals surface area contributed by atoms with Crippen LogP contribution in [0, 0.1) is 34.4 Å². The first-order valence-electron chi connectivity index (χ1n) is 40.6. The molecule has 111 heavy (non-hydrogen) atoms. The van der Waals surface area contributed by atoms with Crippen LogP contribution in [0.2, 0.25) is 0 Å². The average Bonchev–Trinajstić information content (AvgIpc) is 1.55. The molecule has 21 atom stereocenters. The van der Waals surface area contributed by atoms with Crippen LogP contribution in [-0.4, -0.2) is 312 Å². The summed E-state index contributed by atoms with van der Waals surface area (Å²) in [5.74, 6) is -3.33. The number of aromatic amines is 1. The Morgan fingerprint density at radius 3 is 1.98 bits per heavy atom. The van der Waals surface area contributed by atoms with Crippen LogP contribution < -0.4 is 26.6 Å². The zero-order valence-electron chi connectivity index (χ0n) is 66.1. The van der Waals surface area contributed by atoms with Crippen molar-refractivity contribution in [3.8, 4) is 0 Å². The number of methoxy groups -OCH3 is 1. The molecule has 9 saturated heterocycles. The van der Waals surface area contributed by atoms with Crippen LogP contribution in [0.25, 0.3) is 0 Å². The zero-order chi connectivity index (χ0) is 78.8. The van der Waals surface area contributed by atoms with E-state index < -0.39 is 78.4 Å². The SMILES string of the molecule is C=C1C[C@@H]2CC[C@@]34CC5CC6[C@@H](O3)[C@H]3O[C@H](CC[C@@H]3O[C@H]6[C@H]5O4)CC(=O)C[C@@H]3[C@@H](OC)[C@@H](C[C@H](O)CNC(=O)CNC(=O)[C@H](CCCCN(C)C)NC(=O)[C@@H](NC(=O)COCCOCCOCCOCCOCCOCCOCCOCCNC(=O)c4cnc(=S)[nH]c4)C(C)C)O[C@H]3C[C@H]3O[C@@H](CCC1O2)C[C@@H](C)C3=C. The van der Waals surface area contributed by atoms with Crippen molar-refractivity contribution in [1.82, 2.24) is 41.5 Å². The van der Waals surface area contributed by atoms with Gasteiger partial charge in [-0.15, -0.1) is 0 Å². The summed E-state index contributed by atoms with van der Waals surface area (Å²) in [5, 5.41) is 25.4. The maximum atomic E-state index is 14.6. The van der Waals surface area contributed by atoms with Crippen molar-refractivity contribution in [2.24, 2.45) is 29.6 Å². The number of rotatable bonds is 44. The molecule has 10 heterocycles. The summed E-state index contributed by atoms with van der Waals surface area (Å²) < 4.78 is 99.5. The highest BCUT2D eigenvalue weighted by Gasteiger charge is 2.67. The smallest absolute Gasteiger partial charge is 0.254 e. The third kappa shape index (κ3) is 26.8. The molecule has 11 rings (SSSR count). The lowest BCUT2D eigenvalue weighted by Crippen LogP contribution is -2.59. The van der Waals surface area contributed by atoms with E-state index in [0.717, 1.165) is 81.9 Å². The van der Waals surface area contributed by atoms with Gasteiger partial charge in [-0.3, -0.25) is 28.8 Å². The fourth-order valence-electron chi connectivity index (χ4n) is 17.1. The molecule has 31 nitrogen and oxygen atoms in total.